The minimum Gasteiger partial charge on any atom is -0.299 e. The lowest BCUT2D eigenvalue weighted by Gasteiger charge is -2.28. The molecule has 0 heterocycles. The molecule has 1 N–H and O–H groups in total. The van der Waals surface area contributed by atoms with E-state index in [9.17, 15) is 9.59 Å². The Hall–Kier alpha value is -1.22. The van der Waals surface area contributed by atoms with Crippen molar-refractivity contribution < 1.29 is 9.59 Å². The smallest absolute Gasteiger partial charge is 0.160 e. The van der Waals surface area contributed by atoms with E-state index in [1.807, 2.05) is 13.8 Å². The van der Waals surface area contributed by atoms with E-state index in [-0.39, 0.29) is 11.6 Å². The fourth-order valence-electron chi connectivity index (χ4n) is 5.92. The summed E-state index contributed by atoms with van der Waals surface area (Å²) in [6.07, 6.45) is 43.0. The quantitative estimate of drug-likeness (QED) is 0.0453. The zero-order chi connectivity index (χ0) is 31.7. The number of ketones is 2. The van der Waals surface area contributed by atoms with Gasteiger partial charge in [0.05, 0.1) is 0 Å². The molecular formula is C40H75NO2. The van der Waals surface area contributed by atoms with Crippen molar-refractivity contribution in [2.75, 3.05) is 6.54 Å². The van der Waals surface area contributed by atoms with Gasteiger partial charge in [0.25, 0.3) is 0 Å². The Kier molecular flexibility index (Phi) is 31.3. The monoisotopic (exact) mass is 602 g/mol. The van der Waals surface area contributed by atoms with Crippen molar-refractivity contribution in [3.63, 3.8) is 0 Å². The summed E-state index contributed by atoms with van der Waals surface area (Å²) in [5.74, 6) is 0.175. The average Bonchev–Trinajstić information content (AvgIpc) is 3.00. The van der Waals surface area contributed by atoms with Gasteiger partial charge in [-0.2, -0.15) is 0 Å². The van der Waals surface area contributed by atoms with E-state index in [2.05, 4.69) is 43.5 Å². The van der Waals surface area contributed by atoms with E-state index in [1.165, 1.54) is 141 Å². The number of carbonyl (C=O) groups is 2. The zero-order valence-electron chi connectivity index (χ0n) is 29.6. The molecule has 0 atom stereocenters. The highest BCUT2D eigenvalue weighted by Gasteiger charge is 2.38. The molecule has 0 aliphatic heterocycles. The maximum absolute atomic E-state index is 13.1. The number of rotatable bonds is 34. The highest BCUT2D eigenvalue weighted by Crippen LogP contribution is 2.19. The van der Waals surface area contributed by atoms with Gasteiger partial charge in [-0.15, -0.1) is 0 Å². The summed E-state index contributed by atoms with van der Waals surface area (Å²) in [5, 5.41) is 3.25. The summed E-state index contributed by atoms with van der Waals surface area (Å²) in [7, 11) is 0. The van der Waals surface area contributed by atoms with Crippen LogP contribution in [0.25, 0.3) is 0 Å². The highest BCUT2D eigenvalue weighted by atomic mass is 16.2. The van der Waals surface area contributed by atoms with Crippen LogP contribution in [-0.4, -0.2) is 23.7 Å². The van der Waals surface area contributed by atoms with E-state index in [0.29, 0.717) is 19.4 Å². The van der Waals surface area contributed by atoms with Gasteiger partial charge in [0.2, 0.25) is 0 Å². The standard InChI is InChI=1S/C40H75NO2/c1-5-8-10-12-14-16-18-20-22-24-26-28-30-32-34-36-38(42)40(4,41-7-3)39(43)37-35-33-31-29-27-25-23-21-19-17-15-13-11-9-6-2/h20-23,41H,5-19,24-37H2,1-4H3/b22-20-,23-21-. The first-order chi connectivity index (χ1) is 21.0. The Labute approximate surface area is 269 Å². The first kappa shape index (κ1) is 41.8. The maximum Gasteiger partial charge on any atom is 0.160 e. The molecule has 0 aliphatic rings. The molecule has 0 spiro atoms. The number of carbonyl (C=O) groups excluding carboxylic acids is 2. The number of hydrogen-bond donors (Lipinski definition) is 1. The van der Waals surface area contributed by atoms with Gasteiger partial charge < -0.3 is 0 Å². The lowest BCUT2D eigenvalue weighted by Crippen LogP contribution is -2.55. The van der Waals surface area contributed by atoms with Gasteiger partial charge in [0.1, 0.15) is 5.54 Å². The summed E-state index contributed by atoms with van der Waals surface area (Å²) < 4.78 is 0. The van der Waals surface area contributed by atoms with E-state index in [4.69, 9.17) is 0 Å². The Balaban J connectivity index is 3.89. The van der Waals surface area contributed by atoms with Crippen LogP contribution in [0.1, 0.15) is 207 Å². The molecular weight excluding hydrogens is 526 g/mol. The Morgan fingerprint density at radius 2 is 0.721 bits per heavy atom. The van der Waals surface area contributed by atoms with Crippen molar-refractivity contribution >= 4 is 11.6 Å². The summed E-state index contributed by atoms with van der Waals surface area (Å²) in [5.41, 5.74) is -1.00. The minimum absolute atomic E-state index is 0.0877. The van der Waals surface area contributed by atoms with Crippen LogP contribution in [0, 0.1) is 0 Å². The molecule has 0 bridgehead atoms. The van der Waals surface area contributed by atoms with Crippen LogP contribution in [0.15, 0.2) is 24.3 Å². The number of Topliss-reactive ketones (excluding diaryl/α,β-unsaturated/α-hetero) is 2. The van der Waals surface area contributed by atoms with Gasteiger partial charge >= 0.3 is 0 Å². The third-order valence-corrected chi connectivity index (χ3v) is 8.98. The second-order valence-electron chi connectivity index (χ2n) is 13.2. The predicted molar refractivity (Wildman–Crippen MR) is 191 cm³/mol. The molecule has 3 heteroatoms. The molecule has 0 unspecified atom stereocenters. The van der Waals surface area contributed by atoms with E-state index in [0.717, 1.165) is 25.7 Å². The van der Waals surface area contributed by atoms with Gasteiger partial charge in [-0.1, -0.05) is 148 Å². The third kappa shape index (κ3) is 25.8. The maximum atomic E-state index is 13.1. The van der Waals surface area contributed by atoms with Gasteiger partial charge in [-0.25, -0.2) is 0 Å². The van der Waals surface area contributed by atoms with E-state index >= 15 is 0 Å². The number of likely N-dealkylation sites (N-methyl/N-ethyl adjacent to an activating group) is 1. The van der Waals surface area contributed by atoms with Crippen LogP contribution in [0.3, 0.4) is 0 Å². The van der Waals surface area contributed by atoms with Gasteiger partial charge in [0, 0.05) is 12.8 Å². The number of nitrogens with one attached hydrogen (secondary N) is 1. The fourth-order valence-corrected chi connectivity index (χ4v) is 5.92. The van der Waals surface area contributed by atoms with Crippen LogP contribution >= 0.6 is 0 Å². The molecule has 0 aromatic carbocycles. The van der Waals surface area contributed by atoms with Crippen LogP contribution < -0.4 is 5.32 Å². The second kappa shape index (κ2) is 32.2. The SMILES string of the molecule is CCCCCCCC/C=C\CCCCCCCC(=O)C(C)(NCC)C(=O)CCCCCCC/C=C\CCCCCCCC. The normalized spacial score (nSPS) is 12.2. The number of hydrogen-bond acceptors (Lipinski definition) is 3. The van der Waals surface area contributed by atoms with E-state index in [1.54, 1.807) is 0 Å². The lowest BCUT2D eigenvalue weighted by atomic mass is 9.85. The van der Waals surface area contributed by atoms with E-state index < -0.39 is 5.54 Å². The molecule has 252 valence electrons. The molecule has 0 rings (SSSR count). The third-order valence-electron chi connectivity index (χ3n) is 8.98. The summed E-state index contributed by atoms with van der Waals surface area (Å²) in [6.45, 7) is 9.01. The largest absolute Gasteiger partial charge is 0.299 e. The molecule has 0 aliphatic carbocycles. The molecule has 0 aromatic rings. The molecule has 0 fully saturated rings. The van der Waals surface area contributed by atoms with Crippen molar-refractivity contribution in [2.45, 2.75) is 213 Å². The van der Waals surface area contributed by atoms with Crippen molar-refractivity contribution in [1.82, 2.24) is 5.32 Å². The number of unbranched alkanes of at least 4 members (excludes halogenated alkanes) is 22. The topological polar surface area (TPSA) is 46.2 Å². The molecule has 0 amide bonds. The first-order valence-corrected chi connectivity index (χ1v) is 19.1. The predicted octanol–water partition coefficient (Wildman–Crippen LogP) is 12.6. The summed E-state index contributed by atoms with van der Waals surface area (Å²) in [4.78, 5) is 26.2. The Morgan fingerprint density at radius 3 is 1.02 bits per heavy atom. The molecule has 0 saturated carbocycles. The van der Waals surface area contributed by atoms with Crippen LogP contribution in [0.5, 0.6) is 0 Å². The van der Waals surface area contributed by atoms with Gasteiger partial charge in [-0.05, 0) is 77.7 Å². The highest BCUT2D eigenvalue weighted by molar-refractivity contribution is 6.11. The number of allylic oxidation sites excluding steroid dienone is 4. The Bertz CT molecular complexity index is 628. The lowest BCUT2D eigenvalue weighted by molar-refractivity contribution is -0.135. The van der Waals surface area contributed by atoms with Crippen LogP contribution in [0.4, 0.5) is 0 Å². The molecule has 3 nitrogen and oxygen atoms in total. The van der Waals surface area contributed by atoms with Crippen molar-refractivity contribution in [3.05, 3.63) is 24.3 Å². The van der Waals surface area contributed by atoms with Crippen LogP contribution in [0.2, 0.25) is 0 Å². The van der Waals surface area contributed by atoms with Gasteiger partial charge in [0.15, 0.2) is 11.6 Å². The zero-order valence-corrected chi connectivity index (χ0v) is 29.6. The van der Waals surface area contributed by atoms with Crippen molar-refractivity contribution in [3.8, 4) is 0 Å². The summed E-state index contributed by atoms with van der Waals surface area (Å²) in [6, 6.07) is 0. The summed E-state index contributed by atoms with van der Waals surface area (Å²) >= 11 is 0. The minimum atomic E-state index is -1.00. The molecule has 0 radical (unpaired) electrons. The van der Waals surface area contributed by atoms with Crippen molar-refractivity contribution in [1.29, 1.82) is 0 Å². The molecule has 0 aromatic heterocycles. The van der Waals surface area contributed by atoms with Crippen molar-refractivity contribution in [2.24, 2.45) is 0 Å². The first-order valence-electron chi connectivity index (χ1n) is 19.1. The van der Waals surface area contributed by atoms with Crippen LogP contribution in [-0.2, 0) is 9.59 Å². The Morgan fingerprint density at radius 1 is 0.442 bits per heavy atom. The molecule has 43 heavy (non-hydrogen) atoms. The van der Waals surface area contributed by atoms with Gasteiger partial charge in [-0.3, -0.25) is 14.9 Å². The average molecular weight is 602 g/mol. The fraction of sp³-hybridized carbons (Fsp3) is 0.850. The molecule has 0 saturated heterocycles. The second-order valence-corrected chi connectivity index (χ2v) is 13.2.